The molecule has 0 fully saturated rings. The van der Waals surface area contributed by atoms with Crippen LogP contribution < -0.4 is 4.74 Å². The van der Waals surface area contributed by atoms with E-state index in [9.17, 15) is 9.90 Å². The van der Waals surface area contributed by atoms with Crippen molar-refractivity contribution >= 4 is 5.97 Å². The van der Waals surface area contributed by atoms with Crippen molar-refractivity contribution in [3.63, 3.8) is 0 Å². The summed E-state index contributed by atoms with van der Waals surface area (Å²) in [7, 11) is 1.55. The molecule has 4 nitrogen and oxygen atoms in total. The molecule has 0 aromatic heterocycles. The first kappa shape index (κ1) is 14.5. The van der Waals surface area contributed by atoms with E-state index in [0.717, 1.165) is 0 Å². The van der Waals surface area contributed by atoms with Crippen molar-refractivity contribution in [2.45, 2.75) is 38.9 Å². The smallest absolute Gasteiger partial charge is 0.309 e. The lowest BCUT2D eigenvalue weighted by Crippen LogP contribution is -2.24. The average molecular weight is 252 g/mol. The third-order valence-electron chi connectivity index (χ3n) is 2.26. The van der Waals surface area contributed by atoms with E-state index < -0.39 is 17.7 Å². The van der Waals surface area contributed by atoms with Gasteiger partial charge in [0.05, 0.1) is 19.6 Å². The number of carbonyl (C=O) groups excluding carboxylic acids is 1. The zero-order valence-electron chi connectivity index (χ0n) is 11.3. The van der Waals surface area contributed by atoms with Crippen molar-refractivity contribution in [3.05, 3.63) is 29.8 Å². The van der Waals surface area contributed by atoms with E-state index in [1.807, 2.05) is 0 Å². The highest BCUT2D eigenvalue weighted by molar-refractivity contribution is 5.70. The lowest BCUT2D eigenvalue weighted by atomic mass is 10.1. The Morgan fingerprint density at radius 2 is 2.06 bits per heavy atom. The van der Waals surface area contributed by atoms with Crippen molar-refractivity contribution in [2.75, 3.05) is 7.11 Å². The van der Waals surface area contributed by atoms with Crippen LogP contribution in [-0.4, -0.2) is 23.8 Å². The molecule has 1 N–H and O–H groups in total. The minimum absolute atomic E-state index is 0.0650. The largest absolute Gasteiger partial charge is 0.497 e. The standard InChI is InChI=1S/C14H20O4/c1-14(2,3)18-13(16)9-12(15)10-6-5-7-11(8-10)17-4/h5-8,12,15H,9H2,1-4H3. The van der Waals surface area contributed by atoms with E-state index in [1.165, 1.54) is 0 Å². The Labute approximate surface area is 108 Å². The molecule has 0 aliphatic carbocycles. The first-order valence-electron chi connectivity index (χ1n) is 5.85. The van der Waals surface area contributed by atoms with Gasteiger partial charge < -0.3 is 14.6 Å². The fourth-order valence-electron chi connectivity index (χ4n) is 1.51. The Kier molecular flexibility index (Phi) is 4.73. The molecular formula is C14H20O4. The van der Waals surface area contributed by atoms with Crippen LogP contribution >= 0.6 is 0 Å². The van der Waals surface area contributed by atoms with Gasteiger partial charge in [-0.25, -0.2) is 0 Å². The minimum atomic E-state index is -0.880. The van der Waals surface area contributed by atoms with Gasteiger partial charge in [-0.05, 0) is 38.5 Å². The number of rotatable bonds is 4. The maximum Gasteiger partial charge on any atom is 0.309 e. The fraction of sp³-hybridized carbons (Fsp3) is 0.500. The summed E-state index contributed by atoms with van der Waals surface area (Å²) in [5.74, 6) is 0.230. The van der Waals surface area contributed by atoms with Crippen LogP contribution in [-0.2, 0) is 9.53 Å². The zero-order valence-corrected chi connectivity index (χ0v) is 11.3. The highest BCUT2D eigenvalue weighted by Gasteiger charge is 2.20. The second-order valence-electron chi connectivity index (χ2n) is 5.08. The molecule has 0 saturated carbocycles. The van der Waals surface area contributed by atoms with Gasteiger partial charge in [0.1, 0.15) is 11.4 Å². The van der Waals surface area contributed by atoms with E-state index in [4.69, 9.17) is 9.47 Å². The van der Waals surface area contributed by atoms with Crippen molar-refractivity contribution in [2.24, 2.45) is 0 Å². The summed E-state index contributed by atoms with van der Waals surface area (Å²) >= 11 is 0. The summed E-state index contributed by atoms with van der Waals surface area (Å²) in [6, 6.07) is 7.00. The van der Waals surface area contributed by atoms with E-state index >= 15 is 0 Å². The summed E-state index contributed by atoms with van der Waals surface area (Å²) in [6.07, 6.45) is -0.945. The van der Waals surface area contributed by atoms with Crippen LogP contribution in [0.2, 0.25) is 0 Å². The molecule has 0 aliphatic heterocycles. The molecule has 1 aromatic rings. The van der Waals surface area contributed by atoms with Crippen LogP contribution in [0.1, 0.15) is 38.9 Å². The Morgan fingerprint density at radius 1 is 1.39 bits per heavy atom. The Bertz CT molecular complexity index is 407. The second kappa shape index (κ2) is 5.87. The summed E-state index contributed by atoms with van der Waals surface area (Å²) in [6.45, 7) is 5.38. The van der Waals surface area contributed by atoms with Gasteiger partial charge in [-0.2, -0.15) is 0 Å². The van der Waals surface area contributed by atoms with Gasteiger partial charge in [0.15, 0.2) is 0 Å². The first-order valence-corrected chi connectivity index (χ1v) is 5.85. The lowest BCUT2D eigenvalue weighted by Gasteiger charge is -2.20. The zero-order chi connectivity index (χ0) is 13.8. The van der Waals surface area contributed by atoms with E-state index in [0.29, 0.717) is 11.3 Å². The Hall–Kier alpha value is -1.55. The number of methoxy groups -OCH3 is 1. The molecule has 0 amide bonds. The Morgan fingerprint density at radius 3 is 2.61 bits per heavy atom. The number of ether oxygens (including phenoxy) is 2. The van der Waals surface area contributed by atoms with Crippen LogP contribution in [0.4, 0.5) is 0 Å². The van der Waals surface area contributed by atoms with Crippen LogP contribution in [0, 0.1) is 0 Å². The summed E-state index contributed by atoms with van der Waals surface area (Å²) in [4.78, 5) is 11.6. The molecule has 18 heavy (non-hydrogen) atoms. The molecule has 0 radical (unpaired) electrons. The molecule has 1 unspecified atom stereocenters. The number of aliphatic hydroxyl groups is 1. The monoisotopic (exact) mass is 252 g/mol. The van der Waals surface area contributed by atoms with Gasteiger partial charge in [0.25, 0.3) is 0 Å². The highest BCUT2D eigenvalue weighted by Crippen LogP contribution is 2.22. The molecule has 1 rings (SSSR count). The third kappa shape index (κ3) is 4.75. The highest BCUT2D eigenvalue weighted by atomic mass is 16.6. The topological polar surface area (TPSA) is 55.8 Å². The van der Waals surface area contributed by atoms with E-state index in [2.05, 4.69) is 0 Å². The predicted octanol–water partition coefficient (Wildman–Crippen LogP) is 2.46. The summed E-state index contributed by atoms with van der Waals surface area (Å²) in [5, 5.41) is 9.95. The van der Waals surface area contributed by atoms with Crippen LogP contribution in [0.3, 0.4) is 0 Å². The molecule has 0 heterocycles. The number of aliphatic hydroxyl groups excluding tert-OH is 1. The lowest BCUT2D eigenvalue weighted by molar-refractivity contribution is -0.157. The molecule has 4 heteroatoms. The maximum atomic E-state index is 11.6. The van der Waals surface area contributed by atoms with Gasteiger partial charge in [0, 0.05) is 0 Å². The number of hydrogen-bond donors (Lipinski definition) is 1. The molecule has 0 spiro atoms. The quantitative estimate of drug-likeness (QED) is 0.836. The van der Waals surface area contributed by atoms with Crippen molar-refractivity contribution < 1.29 is 19.4 Å². The molecule has 1 aromatic carbocycles. The van der Waals surface area contributed by atoms with Crippen LogP contribution in [0.25, 0.3) is 0 Å². The van der Waals surface area contributed by atoms with Crippen LogP contribution in [0.5, 0.6) is 5.75 Å². The van der Waals surface area contributed by atoms with Gasteiger partial charge in [-0.15, -0.1) is 0 Å². The summed E-state index contributed by atoms with van der Waals surface area (Å²) < 4.78 is 10.2. The normalized spacial score (nSPS) is 12.9. The number of carbonyl (C=O) groups is 1. The van der Waals surface area contributed by atoms with Crippen molar-refractivity contribution in [3.8, 4) is 5.75 Å². The average Bonchev–Trinajstić information content (AvgIpc) is 2.26. The second-order valence-corrected chi connectivity index (χ2v) is 5.08. The summed E-state index contributed by atoms with van der Waals surface area (Å²) in [5.41, 5.74) is 0.103. The SMILES string of the molecule is COc1cccc(C(O)CC(=O)OC(C)(C)C)c1. The first-order chi connectivity index (χ1) is 8.31. The maximum absolute atomic E-state index is 11.6. The van der Waals surface area contributed by atoms with Gasteiger partial charge in [-0.1, -0.05) is 12.1 Å². The van der Waals surface area contributed by atoms with Crippen molar-refractivity contribution in [1.82, 2.24) is 0 Å². The molecule has 0 bridgehead atoms. The van der Waals surface area contributed by atoms with Gasteiger partial charge >= 0.3 is 5.97 Å². The molecule has 1 atom stereocenters. The number of esters is 1. The molecular weight excluding hydrogens is 232 g/mol. The molecule has 100 valence electrons. The number of benzene rings is 1. The van der Waals surface area contributed by atoms with E-state index in [-0.39, 0.29) is 6.42 Å². The number of hydrogen-bond acceptors (Lipinski definition) is 4. The van der Waals surface area contributed by atoms with Crippen LogP contribution in [0.15, 0.2) is 24.3 Å². The van der Waals surface area contributed by atoms with Gasteiger partial charge in [0.2, 0.25) is 0 Å². The molecule has 0 aliphatic rings. The van der Waals surface area contributed by atoms with E-state index in [1.54, 1.807) is 52.1 Å². The predicted molar refractivity (Wildman–Crippen MR) is 68.4 cm³/mol. The fourth-order valence-corrected chi connectivity index (χ4v) is 1.51. The third-order valence-corrected chi connectivity index (χ3v) is 2.26. The molecule has 0 saturated heterocycles. The minimum Gasteiger partial charge on any atom is -0.497 e. The Balaban J connectivity index is 2.64. The van der Waals surface area contributed by atoms with Gasteiger partial charge in [-0.3, -0.25) is 4.79 Å². The van der Waals surface area contributed by atoms with Crippen molar-refractivity contribution in [1.29, 1.82) is 0 Å².